The first-order valence-corrected chi connectivity index (χ1v) is 9.86. The molecule has 30 heavy (non-hydrogen) atoms. The zero-order valence-corrected chi connectivity index (χ0v) is 42.4. The topological polar surface area (TPSA) is 0 Å². The van der Waals surface area contributed by atoms with Gasteiger partial charge in [0.05, 0.1) is 0 Å². The van der Waals surface area contributed by atoms with Crippen LogP contribution in [0, 0.1) is 49.4 Å². The Morgan fingerprint density at radius 3 is 1.30 bits per heavy atom. The summed E-state index contributed by atoms with van der Waals surface area (Å²) in [7, 11) is 0. The van der Waals surface area contributed by atoms with E-state index >= 15 is 0 Å². The van der Waals surface area contributed by atoms with E-state index in [2.05, 4.69) is 12.8 Å². The van der Waals surface area contributed by atoms with Gasteiger partial charge in [0.2, 0.25) is 0 Å². The third kappa shape index (κ3) is 28.1. The molecule has 0 aliphatic heterocycles. The fourth-order valence-corrected chi connectivity index (χ4v) is 4.33. The molecule has 0 radical (unpaired) electrons. The van der Waals surface area contributed by atoms with Crippen molar-refractivity contribution >= 4 is 0 Å². The summed E-state index contributed by atoms with van der Waals surface area (Å²) >= 11 is 0. The van der Waals surface area contributed by atoms with Gasteiger partial charge in [-0.05, 0) is 5.92 Å². The zero-order valence-electron chi connectivity index (χ0n) is 19.0. The van der Waals surface area contributed by atoms with Crippen LogP contribution in [0.2, 0.25) is 0 Å². The van der Waals surface area contributed by atoms with Gasteiger partial charge in [0.1, 0.15) is 0 Å². The summed E-state index contributed by atoms with van der Waals surface area (Å²) in [5.41, 5.74) is 0. The molecule has 0 spiro atoms. The van der Waals surface area contributed by atoms with Gasteiger partial charge in [0.25, 0.3) is 0 Å². The van der Waals surface area contributed by atoms with Crippen molar-refractivity contribution < 1.29 is 169 Å². The van der Waals surface area contributed by atoms with Crippen LogP contribution in [-0.2, 0) is 169 Å². The average Bonchev–Trinajstić information content (AvgIpc) is 3.03. The fourth-order valence-electron chi connectivity index (χ4n) is 4.33. The third-order valence-electron chi connectivity index (χ3n) is 5.31. The van der Waals surface area contributed by atoms with E-state index in [9.17, 15) is 0 Å². The smallest absolute Gasteiger partial charge is 0.335 e. The molecule has 4 saturated carbocycles. The van der Waals surface area contributed by atoms with Crippen LogP contribution < -0.4 is 0 Å². The van der Waals surface area contributed by atoms with E-state index in [1.54, 1.807) is 6.42 Å². The van der Waals surface area contributed by atoms with Crippen molar-refractivity contribution in [1.82, 2.24) is 0 Å². The molecule has 4 bridgehead atoms. The largest absolute Gasteiger partial charge is 2.00 e. The van der Waals surface area contributed by atoms with E-state index in [0.29, 0.717) is 0 Å². The zero-order chi connectivity index (χ0) is 16.2. The van der Waals surface area contributed by atoms with E-state index < -0.39 is 0 Å². The number of rotatable bonds is 0. The van der Waals surface area contributed by atoms with Crippen LogP contribution in [0.1, 0.15) is 91.9 Å². The first-order valence-electron chi connectivity index (χ1n) is 9.86. The van der Waals surface area contributed by atoms with E-state index in [-0.39, 0.29) is 169 Å². The SMILES string of the molecule is C[CH-]C.C[CH-]C.[CH-]1CC2CCC(C1)C2.[CH-]1CCC2CCC1C2.[W+2].[W+2].[W].[W].[W].[W].[W].[W]. The molecule has 0 amide bonds. The summed E-state index contributed by atoms with van der Waals surface area (Å²) < 4.78 is 0. The minimum absolute atomic E-state index is 0. The Bertz CT molecular complexity index is 216. The van der Waals surface area contributed by atoms with Crippen molar-refractivity contribution in [3.05, 3.63) is 25.7 Å². The maximum atomic E-state index is 2.53. The maximum Gasteiger partial charge on any atom is 2.00 e. The minimum Gasteiger partial charge on any atom is -0.335 e. The molecule has 4 fully saturated rings. The van der Waals surface area contributed by atoms with E-state index in [1.807, 2.05) is 40.5 Å². The Labute approximate surface area is 305 Å². The van der Waals surface area contributed by atoms with Crippen molar-refractivity contribution in [2.45, 2.75) is 91.9 Å². The molecule has 4 atom stereocenters. The van der Waals surface area contributed by atoms with Crippen molar-refractivity contribution in [3.8, 4) is 0 Å². The summed E-state index contributed by atoms with van der Waals surface area (Å²) in [6.45, 7) is 8.00. The van der Waals surface area contributed by atoms with Gasteiger partial charge < -0.3 is 25.7 Å². The quantitative estimate of drug-likeness (QED) is 0.225. The first-order chi connectivity index (χ1) is 10.7. The predicted octanol–water partition coefficient (Wildman–Crippen LogP) is 7.24. The van der Waals surface area contributed by atoms with E-state index in [0.717, 1.165) is 23.7 Å². The average molecular weight is 1780 g/mol. The van der Waals surface area contributed by atoms with Gasteiger partial charge in [-0.15, -0.1) is 0 Å². The van der Waals surface area contributed by atoms with Gasteiger partial charge in [-0.2, -0.15) is 52.9 Å². The molecule has 8 heteroatoms. The second kappa shape index (κ2) is 39.0. The van der Waals surface area contributed by atoms with Gasteiger partial charge in [0, 0.05) is 126 Å². The van der Waals surface area contributed by atoms with E-state index in [4.69, 9.17) is 0 Å². The van der Waals surface area contributed by atoms with Crippen molar-refractivity contribution in [3.63, 3.8) is 0 Å². The summed E-state index contributed by atoms with van der Waals surface area (Å²) in [6, 6.07) is 0. The molecule has 176 valence electrons. The van der Waals surface area contributed by atoms with Gasteiger partial charge in [0.15, 0.2) is 0 Å². The molecule has 4 unspecified atom stereocenters. The molecule has 0 aromatic heterocycles. The normalized spacial score (nSPS) is 25.2. The molecule has 0 nitrogen and oxygen atoms in total. The van der Waals surface area contributed by atoms with Crippen LogP contribution in [0.15, 0.2) is 0 Å². The molecule has 0 aromatic rings. The molecule has 4 rings (SSSR count). The fraction of sp³-hybridized carbons (Fsp3) is 0.818. The van der Waals surface area contributed by atoms with Gasteiger partial charge in [-0.25, -0.2) is 0 Å². The van der Waals surface area contributed by atoms with Crippen LogP contribution in [-0.4, -0.2) is 0 Å². The predicted molar refractivity (Wildman–Crippen MR) is 100 cm³/mol. The second-order valence-corrected chi connectivity index (χ2v) is 7.71. The monoisotopic (exact) mass is 1780 g/mol. The Morgan fingerprint density at radius 1 is 0.567 bits per heavy atom. The molecular weight excluding hydrogens is 1730 g/mol. The molecule has 0 aromatic carbocycles. The number of fused-ring (bicyclic) bond motifs is 4. The van der Waals surface area contributed by atoms with Crippen molar-refractivity contribution in [2.75, 3.05) is 0 Å². The van der Waals surface area contributed by atoms with Crippen LogP contribution in [0.4, 0.5) is 0 Å². The summed E-state index contributed by atoms with van der Waals surface area (Å²) in [4.78, 5) is 0. The molecule has 0 N–H and O–H groups in total. The van der Waals surface area contributed by atoms with Gasteiger partial charge in [-0.3, -0.25) is 0 Å². The van der Waals surface area contributed by atoms with Crippen LogP contribution in [0.3, 0.4) is 0 Å². The molecule has 4 aliphatic carbocycles. The molecule has 4 aliphatic rings. The number of hydrogen-bond acceptors (Lipinski definition) is 0. The minimum atomic E-state index is 0. The Balaban J connectivity index is -0.0000000354. The van der Waals surface area contributed by atoms with Gasteiger partial charge in [-0.1, -0.05) is 56.8 Å². The Kier molecular flexibility index (Phi) is 72.7. The van der Waals surface area contributed by atoms with Gasteiger partial charge >= 0.3 is 42.1 Å². The van der Waals surface area contributed by atoms with E-state index in [1.165, 1.54) is 57.8 Å². The second-order valence-electron chi connectivity index (χ2n) is 7.71. The van der Waals surface area contributed by atoms with Crippen LogP contribution >= 0.6 is 0 Å². The summed E-state index contributed by atoms with van der Waals surface area (Å²) in [6.07, 6.45) is 24.0. The van der Waals surface area contributed by atoms with Crippen molar-refractivity contribution in [1.29, 1.82) is 0 Å². The van der Waals surface area contributed by atoms with Crippen molar-refractivity contribution in [2.24, 2.45) is 23.7 Å². The first kappa shape index (κ1) is 55.9. The maximum absolute atomic E-state index is 2.53. The van der Waals surface area contributed by atoms with Crippen LogP contribution in [0.25, 0.3) is 0 Å². The molecular formula is C22H40W8. The van der Waals surface area contributed by atoms with Crippen LogP contribution in [0.5, 0.6) is 0 Å². The molecule has 0 saturated heterocycles. The summed E-state index contributed by atoms with van der Waals surface area (Å²) in [5.74, 6) is 4.38. The molecule has 0 heterocycles. The third-order valence-corrected chi connectivity index (χ3v) is 5.31. The number of hydrogen-bond donors (Lipinski definition) is 0. The standard InChI is InChI=1S/2C8H13.2C3H7.8W/c2*1-2-7-4-5-8(3-1)6-7;2*1-3-2;;;;;;;;/h2,7-8H,1,3-6H2;1,7-8H,2-6H2;2*3H,1-2H3;;;;;;;;/q4*-1;;;;;;;2*+2. The Hall–Kier alpha value is 5.51. The summed E-state index contributed by atoms with van der Waals surface area (Å²) in [5, 5.41) is 0. The Morgan fingerprint density at radius 2 is 0.967 bits per heavy atom.